The van der Waals surface area contributed by atoms with Crippen molar-refractivity contribution in [1.29, 1.82) is 0 Å². The number of hydrogen-bond donors (Lipinski definition) is 1. The highest BCUT2D eigenvalue weighted by molar-refractivity contribution is 4.85. The lowest BCUT2D eigenvalue weighted by Gasteiger charge is -2.25. The van der Waals surface area contributed by atoms with E-state index in [9.17, 15) is 0 Å². The van der Waals surface area contributed by atoms with Gasteiger partial charge in [-0.2, -0.15) is 0 Å². The maximum Gasteiger partial charge on any atom is 0.0613 e. The van der Waals surface area contributed by atoms with Crippen LogP contribution in [-0.4, -0.2) is 50.3 Å². The molecule has 0 spiro atoms. The Morgan fingerprint density at radius 3 is 2.50 bits per heavy atom. The van der Waals surface area contributed by atoms with Gasteiger partial charge in [0.15, 0.2) is 0 Å². The molecular weight excluding hydrogens is 200 g/mol. The van der Waals surface area contributed by atoms with Crippen LogP contribution in [0.3, 0.4) is 0 Å². The van der Waals surface area contributed by atoms with Crippen LogP contribution in [0.4, 0.5) is 0 Å². The van der Waals surface area contributed by atoms with Gasteiger partial charge in [-0.1, -0.05) is 13.8 Å². The fourth-order valence-electron chi connectivity index (χ4n) is 2.10. The van der Waals surface area contributed by atoms with Crippen molar-refractivity contribution >= 4 is 0 Å². The Bertz CT molecular complexity index is 181. The molecule has 1 unspecified atom stereocenters. The Labute approximate surface area is 101 Å². The summed E-state index contributed by atoms with van der Waals surface area (Å²) in [7, 11) is 1.76. The first-order valence-electron chi connectivity index (χ1n) is 6.59. The van der Waals surface area contributed by atoms with Crippen LogP contribution in [0, 0.1) is 5.92 Å². The molecule has 0 heterocycles. The Hall–Kier alpha value is -0.120. The second-order valence-electron chi connectivity index (χ2n) is 5.43. The quantitative estimate of drug-likeness (QED) is 0.650. The van der Waals surface area contributed by atoms with Crippen molar-refractivity contribution < 1.29 is 4.74 Å². The van der Waals surface area contributed by atoms with Crippen molar-refractivity contribution in [2.24, 2.45) is 5.92 Å². The van der Waals surface area contributed by atoms with Gasteiger partial charge in [0.1, 0.15) is 0 Å². The number of methoxy groups -OCH3 is 1. The average molecular weight is 228 g/mol. The zero-order chi connectivity index (χ0) is 12.0. The molecule has 0 radical (unpaired) electrons. The van der Waals surface area contributed by atoms with Crippen molar-refractivity contribution in [1.82, 2.24) is 10.2 Å². The molecule has 0 amide bonds. The van der Waals surface area contributed by atoms with Crippen LogP contribution in [0.2, 0.25) is 0 Å². The summed E-state index contributed by atoms with van der Waals surface area (Å²) in [4.78, 5) is 2.64. The molecule has 96 valence electrons. The molecule has 0 aromatic heterocycles. The zero-order valence-corrected chi connectivity index (χ0v) is 11.3. The van der Waals surface area contributed by atoms with Gasteiger partial charge in [-0.05, 0) is 25.7 Å². The van der Waals surface area contributed by atoms with E-state index in [1.54, 1.807) is 7.11 Å². The van der Waals surface area contributed by atoms with Crippen molar-refractivity contribution in [3.05, 3.63) is 0 Å². The number of nitrogens with one attached hydrogen (secondary N) is 1. The lowest BCUT2D eigenvalue weighted by Crippen LogP contribution is -2.40. The minimum atomic E-state index is 0.463. The normalized spacial score (nSPS) is 18.4. The highest BCUT2D eigenvalue weighted by Gasteiger charge is 2.28. The largest absolute Gasteiger partial charge is 0.383 e. The number of ether oxygens (including phenoxy) is 1. The lowest BCUT2D eigenvalue weighted by atomic mass is 10.2. The van der Waals surface area contributed by atoms with Crippen molar-refractivity contribution in [3.63, 3.8) is 0 Å². The molecule has 3 nitrogen and oxygen atoms in total. The maximum absolute atomic E-state index is 5.11. The molecule has 1 fully saturated rings. The summed E-state index contributed by atoms with van der Waals surface area (Å²) in [5.74, 6) is 0.775. The van der Waals surface area contributed by atoms with Gasteiger partial charge in [-0.25, -0.2) is 0 Å². The van der Waals surface area contributed by atoms with E-state index < -0.39 is 0 Å². The molecule has 0 aromatic carbocycles. The molecule has 0 aliphatic heterocycles. The average Bonchev–Trinajstić information content (AvgIpc) is 2.99. The van der Waals surface area contributed by atoms with Gasteiger partial charge in [0.2, 0.25) is 0 Å². The zero-order valence-electron chi connectivity index (χ0n) is 11.3. The van der Waals surface area contributed by atoms with E-state index in [4.69, 9.17) is 4.74 Å². The standard InChI is InChI=1S/C13H28N2O/c1-11(2)9-15(13-5-6-13)8-7-14-12(3)10-16-4/h11-14H,5-10H2,1-4H3. The summed E-state index contributed by atoms with van der Waals surface area (Å²) in [6, 6.07) is 1.34. The Morgan fingerprint density at radius 2 is 2.00 bits per heavy atom. The van der Waals surface area contributed by atoms with Gasteiger partial charge >= 0.3 is 0 Å². The second kappa shape index (κ2) is 7.25. The minimum Gasteiger partial charge on any atom is -0.383 e. The van der Waals surface area contributed by atoms with Gasteiger partial charge in [-0.15, -0.1) is 0 Å². The third kappa shape index (κ3) is 5.83. The maximum atomic E-state index is 5.11. The van der Waals surface area contributed by atoms with Crippen LogP contribution in [0.1, 0.15) is 33.6 Å². The predicted molar refractivity (Wildman–Crippen MR) is 68.8 cm³/mol. The van der Waals surface area contributed by atoms with Gasteiger partial charge in [0.25, 0.3) is 0 Å². The van der Waals surface area contributed by atoms with E-state index in [1.807, 2.05) is 0 Å². The van der Waals surface area contributed by atoms with Crippen LogP contribution in [0.5, 0.6) is 0 Å². The summed E-state index contributed by atoms with van der Waals surface area (Å²) in [5, 5.41) is 3.50. The molecule has 1 aliphatic carbocycles. The van der Waals surface area contributed by atoms with Crippen LogP contribution in [0.25, 0.3) is 0 Å². The first kappa shape index (κ1) is 13.9. The Kier molecular flexibility index (Phi) is 6.32. The highest BCUT2D eigenvalue weighted by atomic mass is 16.5. The molecule has 1 N–H and O–H groups in total. The summed E-state index contributed by atoms with van der Waals surface area (Å²) in [6.07, 6.45) is 2.81. The number of nitrogens with zero attached hydrogens (tertiary/aromatic N) is 1. The first-order chi connectivity index (χ1) is 7.63. The SMILES string of the molecule is COCC(C)NCCN(CC(C)C)C1CC1. The van der Waals surface area contributed by atoms with Gasteiger partial charge < -0.3 is 10.1 Å². The summed E-state index contributed by atoms with van der Waals surface area (Å²) >= 11 is 0. The van der Waals surface area contributed by atoms with Crippen LogP contribution >= 0.6 is 0 Å². The second-order valence-corrected chi connectivity index (χ2v) is 5.43. The van der Waals surface area contributed by atoms with Crippen molar-refractivity contribution in [2.75, 3.05) is 33.4 Å². The summed E-state index contributed by atoms with van der Waals surface area (Å²) < 4.78 is 5.11. The van der Waals surface area contributed by atoms with Crippen molar-refractivity contribution in [3.8, 4) is 0 Å². The Morgan fingerprint density at radius 1 is 1.31 bits per heavy atom. The fraction of sp³-hybridized carbons (Fsp3) is 1.00. The molecule has 1 rings (SSSR count). The molecule has 16 heavy (non-hydrogen) atoms. The number of rotatable bonds is 9. The highest BCUT2D eigenvalue weighted by Crippen LogP contribution is 2.26. The third-order valence-corrected chi connectivity index (χ3v) is 2.97. The number of hydrogen-bond acceptors (Lipinski definition) is 3. The van der Waals surface area contributed by atoms with E-state index in [-0.39, 0.29) is 0 Å². The Balaban J connectivity index is 2.12. The molecule has 1 saturated carbocycles. The van der Waals surface area contributed by atoms with E-state index in [0.29, 0.717) is 6.04 Å². The fourth-order valence-corrected chi connectivity index (χ4v) is 2.10. The molecule has 1 atom stereocenters. The van der Waals surface area contributed by atoms with Crippen LogP contribution in [-0.2, 0) is 4.74 Å². The van der Waals surface area contributed by atoms with Gasteiger partial charge in [0, 0.05) is 38.8 Å². The molecule has 3 heteroatoms. The summed E-state index contributed by atoms with van der Waals surface area (Å²) in [5.41, 5.74) is 0. The molecule has 0 aromatic rings. The predicted octanol–water partition coefficient (Wildman–Crippen LogP) is 1.73. The van der Waals surface area contributed by atoms with E-state index in [1.165, 1.54) is 25.9 Å². The molecular formula is C13H28N2O. The van der Waals surface area contributed by atoms with Crippen molar-refractivity contribution in [2.45, 2.75) is 45.7 Å². The van der Waals surface area contributed by atoms with Crippen LogP contribution in [0.15, 0.2) is 0 Å². The topological polar surface area (TPSA) is 24.5 Å². The minimum absolute atomic E-state index is 0.463. The molecule has 0 saturated heterocycles. The first-order valence-corrected chi connectivity index (χ1v) is 6.59. The van der Waals surface area contributed by atoms with Gasteiger partial charge in [-0.3, -0.25) is 4.90 Å². The molecule has 1 aliphatic rings. The van der Waals surface area contributed by atoms with E-state index in [0.717, 1.165) is 25.1 Å². The van der Waals surface area contributed by atoms with Gasteiger partial charge in [0.05, 0.1) is 6.61 Å². The van der Waals surface area contributed by atoms with E-state index >= 15 is 0 Å². The lowest BCUT2D eigenvalue weighted by molar-refractivity contribution is 0.167. The van der Waals surface area contributed by atoms with Crippen LogP contribution < -0.4 is 5.32 Å². The smallest absolute Gasteiger partial charge is 0.0613 e. The molecule has 0 bridgehead atoms. The van der Waals surface area contributed by atoms with E-state index in [2.05, 4.69) is 31.0 Å². The summed E-state index contributed by atoms with van der Waals surface area (Å²) in [6.45, 7) is 11.1. The monoisotopic (exact) mass is 228 g/mol. The third-order valence-electron chi connectivity index (χ3n) is 2.97.